The topological polar surface area (TPSA) is 46.5 Å². The van der Waals surface area contributed by atoms with E-state index in [0.717, 1.165) is 22.1 Å². The lowest BCUT2D eigenvalue weighted by atomic mass is 9.94. The number of carboxylic acids is 1. The van der Waals surface area contributed by atoms with Crippen LogP contribution in [0.4, 0.5) is 0 Å². The van der Waals surface area contributed by atoms with Crippen molar-refractivity contribution in [1.29, 1.82) is 0 Å². The zero-order valence-corrected chi connectivity index (χ0v) is 9.81. The van der Waals surface area contributed by atoms with Gasteiger partial charge in [0.1, 0.15) is 5.75 Å². The summed E-state index contributed by atoms with van der Waals surface area (Å²) < 4.78 is 5.28. The number of rotatable bonds is 3. The van der Waals surface area contributed by atoms with Gasteiger partial charge >= 0.3 is 5.97 Å². The predicted molar refractivity (Wildman–Crippen MR) is 66.6 cm³/mol. The van der Waals surface area contributed by atoms with E-state index < -0.39 is 11.9 Å². The standard InChI is InChI=1S/C14H14O3/c1-9(14(15)16)10-7-8-13(17-2)12-6-4-3-5-11(10)12/h3-9H,1-2H3,(H,15,16). The second-order valence-electron chi connectivity index (χ2n) is 3.96. The van der Waals surface area contributed by atoms with Gasteiger partial charge in [-0.2, -0.15) is 0 Å². The highest BCUT2D eigenvalue weighted by Gasteiger charge is 2.17. The molecule has 0 aliphatic carbocycles. The third-order valence-electron chi connectivity index (χ3n) is 2.97. The summed E-state index contributed by atoms with van der Waals surface area (Å²) in [6.45, 7) is 1.69. The molecule has 2 aromatic carbocycles. The SMILES string of the molecule is COc1ccc(C(C)C(=O)O)c2ccccc12. The molecule has 0 heterocycles. The first kappa shape index (κ1) is 11.5. The summed E-state index contributed by atoms with van der Waals surface area (Å²) in [6.07, 6.45) is 0. The Kier molecular flexibility index (Phi) is 3.00. The molecular formula is C14H14O3. The summed E-state index contributed by atoms with van der Waals surface area (Å²) in [5.74, 6) is -0.576. The van der Waals surface area contributed by atoms with Crippen LogP contribution in [0.25, 0.3) is 10.8 Å². The Balaban J connectivity index is 2.70. The van der Waals surface area contributed by atoms with Gasteiger partial charge in [0.25, 0.3) is 0 Å². The summed E-state index contributed by atoms with van der Waals surface area (Å²) in [5, 5.41) is 11.0. The number of methoxy groups -OCH3 is 1. The van der Waals surface area contributed by atoms with Crippen molar-refractivity contribution < 1.29 is 14.6 Å². The van der Waals surface area contributed by atoms with Crippen molar-refractivity contribution in [2.24, 2.45) is 0 Å². The first-order valence-corrected chi connectivity index (χ1v) is 5.43. The molecule has 0 aliphatic rings. The number of benzene rings is 2. The van der Waals surface area contributed by atoms with Gasteiger partial charge in [0.15, 0.2) is 0 Å². The monoisotopic (exact) mass is 230 g/mol. The number of carboxylic acid groups (broad SMARTS) is 1. The Morgan fingerprint density at radius 3 is 2.41 bits per heavy atom. The average molecular weight is 230 g/mol. The highest BCUT2D eigenvalue weighted by molar-refractivity contribution is 5.94. The van der Waals surface area contributed by atoms with Crippen LogP contribution in [0.5, 0.6) is 5.75 Å². The zero-order chi connectivity index (χ0) is 12.4. The lowest BCUT2D eigenvalue weighted by Crippen LogP contribution is -2.08. The Morgan fingerprint density at radius 1 is 1.18 bits per heavy atom. The van der Waals surface area contributed by atoms with Crippen molar-refractivity contribution in [3.63, 3.8) is 0 Å². The number of hydrogen-bond donors (Lipinski definition) is 1. The van der Waals surface area contributed by atoms with Gasteiger partial charge < -0.3 is 9.84 Å². The minimum absolute atomic E-state index is 0.522. The fourth-order valence-electron chi connectivity index (χ4n) is 1.98. The van der Waals surface area contributed by atoms with E-state index in [1.807, 2.05) is 36.4 Å². The molecule has 0 bridgehead atoms. The zero-order valence-electron chi connectivity index (χ0n) is 9.81. The highest BCUT2D eigenvalue weighted by atomic mass is 16.5. The Labute approximate surface area is 99.6 Å². The molecule has 0 saturated heterocycles. The molecule has 0 amide bonds. The van der Waals surface area contributed by atoms with Crippen molar-refractivity contribution in [2.75, 3.05) is 7.11 Å². The first-order chi connectivity index (χ1) is 8.15. The molecule has 0 aromatic heterocycles. The average Bonchev–Trinajstić information content (AvgIpc) is 2.36. The Bertz CT molecular complexity index is 560. The van der Waals surface area contributed by atoms with Gasteiger partial charge in [-0.25, -0.2) is 0 Å². The van der Waals surface area contributed by atoms with E-state index in [9.17, 15) is 4.79 Å². The molecule has 2 aromatic rings. The van der Waals surface area contributed by atoms with E-state index >= 15 is 0 Å². The minimum atomic E-state index is -0.819. The fraction of sp³-hybridized carbons (Fsp3) is 0.214. The molecular weight excluding hydrogens is 216 g/mol. The van der Waals surface area contributed by atoms with Crippen molar-refractivity contribution in [1.82, 2.24) is 0 Å². The molecule has 1 atom stereocenters. The van der Waals surface area contributed by atoms with Crippen LogP contribution in [0.15, 0.2) is 36.4 Å². The summed E-state index contributed by atoms with van der Waals surface area (Å²) in [7, 11) is 1.61. The van der Waals surface area contributed by atoms with Gasteiger partial charge in [0, 0.05) is 5.39 Å². The lowest BCUT2D eigenvalue weighted by Gasteiger charge is -2.13. The molecule has 1 N–H and O–H groups in total. The van der Waals surface area contributed by atoms with Crippen LogP contribution in [0.2, 0.25) is 0 Å². The van der Waals surface area contributed by atoms with Crippen LogP contribution < -0.4 is 4.74 Å². The van der Waals surface area contributed by atoms with E-state index in [4.69, 9.17) is 9.84 Å². The van der Waals surface area contributed by atoms with E-state index in [1.165, 1.54) is 0 Å². The summed E-state index contributed by atoms with van der Waals surface area (Å²) in [6, 6.07) is 11.3. The summed E-state index contributed by atoms with van der Waals surface area (Å²) in [5.41, 5.74) is 0.814. The van der Waals surface area contributed by atoms with E-state index in [2.05, 4.69) is 0 Å². The quantitative estimate of drug-likeness (QED) is 0.881. The number of aliphatic carboxylic acids is 1. The Hall–Kier alpha value is -2.03. The van der Waals surface area contributed by atoms with Gasteiger partial charge in [-0.3, -0.25) is 4.79 Å². The number of hydrogen-bond acceptors (Lipinski definition) is 2. The van der Waals surface area contributed by atoms with Crippen molar-refractivity contribution >= 4 is 16.7 Å². The van der Waals surface area contributed by atoms with Crippen LogP contribution in [0.1, 0.15) is 18.4 Å². The van der Waals surface area contributed by atoms with E-state index in [0.29, 0.717) is 0 Å². The third kappa shape index (κ3) is 1.96. The van der Waals surface area contributed by atoms with Gasteiger partial charge in [0.05, 0.1) is 13.0 Å². The van der Waals surface area contributed by atoms with Gasteiger partial charge in [0.2, 0.25) is 0 Å². The highest BCUT2D eigenvalue weighted by Crippen LogP contribution is 2.32. The molecule has 0 fully saturated rings. The van der Waals surface area contributed by atoms with E-state index in [-0.39, 0.29) is 0 Å². The predicted octanol–water partition coefficient (Wildman–Crippen LogP) is 3.04. The Morgan fingerprint density at radius 2 is 1.82 bits per heavy atom. The molecule has 17 heavy (non-hydrogen) atoms. The molecule has 1 unspecified atom stereocenters. The smallest absolute Gasteiger partial charge is 0.310 e. The van der Waals surface area contributed by atoms with Crippen LogP contribution in [0, 0.1) is 0 Å². The van der Waals surface area contributed by atoms with Crippen LogP contribution in [0.3, 0.4) is 0 Å². The molecule has 3 nitrogen and oxygen atoms in total. The largest absolute Gasteiger partial charge is 0.496 e. The molecule has 88 valence electrons. The number of carbonyl (C=O) groups is 1. The molecule has 0 radical (unpaired) electrons. The normalized spacial score (nSPS) is 12.4. The van der Waals surface area contributed by atoms with Crippen molar-refractivity contribution in [2.45, 2.75) is 12.8 Å². The van der Waals surface area contributed by atoms with Crippen LogP contribution in [-0.2, 0) is 4.79 Å². The maximum absolute atomic E-state index is 11.1. The van der Waals surface area contributed by atoms with E-state index in [1.54, 1.807) is 14.0 Å². The number of ether oxygens (including phenoxy) is 1. The summed E-state index contributed by atoms with van der Waals surface area (Å²) >= 11 is 0. The van der Waals surface area contributed by atoms with Crippen LogP contribution in [-0.4, -0.2) is 18.2 Å². The number of fused-ring (bicyclic) bond motifs is 1. The molecule has 3 heteroatoms. The van der Waals surface area contributed by atoms with Gasteiger partial charge in [-0.15, -0.1) is 0 Å². The lowest BCUT2D eigenvalue weighted by molar-refractivity contribution is -0.138. The molecule has 0 spiro atoms. The van der Waals surface area contributed by atoms with Crippen molar-refractivity contribution in [3.05, 3.63) is 42.0 Å². The third-order valence-corrected chi connectivity index (χ3v) is 2.97. The maximum Gasteiger partial charge on any atom is 0.310 e. The minimum Gasteiger partial charge on any atom is -0.496 e. The maximum atomic E-state index is 11.1. The van der Waals surface area contributed by atoms with Crippen LogP contribution >= 0.6 is 0 Å². The summed E-state index contributed by atoms with van der Waals surface area (Å²) in [4.78, 5) is 11.1. The molecule has 0 saturated carbocycles. The first-order valence-electron chi connectivity index (χ1n) is 5.43. The second kappa shape index (κ2) is 4.45. The fourth-order valence-corrected chi connectivity index (χ4v) is 1.98. The molecule has 2 rings (SSSR count). The van der Waals surface area contributed by atoms with Gasteiger partial charge in [-0.05, 0) is 23.9 Å². The van der Waals surface area contributed by atoms with Gasteiger partial charge in [-0.1, -0.05) is 30.3 Å². The molecule has 0 aliphatic heterocycles. The second-order valence-corrected chi connectivity index (χ2v) is 3.96. The van der Waals surface area contributed by atoms with Crippen molar-refractivity contribution in [3.8, 4) is 5.75 Å².